The zero-order chi connectivity index (χ0) is 24.0. The lowest BCUT2D eigenvalue weighted by Crippen LogP contribution is -2.19. The standard InChI is InChI=1S/C23H22BrClN2O5S/c1-4-30-18-10-14(9-15(24)21(18)32-12-20(28)31-5-2)11-19-22(29)27-23(33-19)26-17-8-6-7-16(25)13(17)3/h6-11H,4-5,12H2,1-3H3,(H,26,27,29)/b19-11+. The van der Waals surface area contributed by atoms with Gasteiger partial charge in [-0.05, 0) is 89.9 Å². The normalized spacial score (nSPS) is 15.6. The third-order valence-electron chi connectivity index (χ3n) is 4.38. The number of ether oxygens (including phenoxy) is 3. The maximum Gasteiger partial charge on any atom is 0.344 e. The highest BCUT2D eigenvalue weighted by molar-refractivity contribution is 9.10. The lowest BCUT2D eigenvalue weighted by molar-refractivity contribution is -0.145. The molecule has 2 aromatic rings. The quantitative estimate of drug-likeness (QED) is 0.336. The van der Waals surface area contributed by atoms with Crippen molar-refractivity contribution in [2.75, 3.05) is 19.8 Å². The lowest BCUT2D eigenvalue weighted by atomic mass is 10.2. The minimum Gasteiger partial charge on any atom is -0.490 e. The molecule has 33 heavy (non-hydrogen) atoms. The maximum atomic E-state index is 12.5. The number of amides is 1. The molecule has 0 aromatic heterocycles. The van der Waals surface area contributed by atoms with Crippen LogP contribution in [0.3, 0.4) is 0 Å². The van der Waals surface area contributed by atoms with Crippen molar-refractivity contribution in [2.45, 2.75) is 20.8 Å². The zero-order valence-electron chi connectivity index (χ0n) is 18.2. The van der Waals surface area contributed by atoms with E-state index in [2.05, 4.69) is 26.2 Å². The summed E-state index contributed by atoms with van der Waals surface area (Å²) in [6, 6.07) is 8.96. The molecule has 0 unspecified atom stereocenters. The van der Waals surface area contributed by atoms with Crippen molar-refractivity contribution in [3.63, 3.8) is 0 Å². The number of hydrogen-bond donors (Lipinski definition) is 1. The highest BCUT2D eigenvalue weighted by atomic mass is 79.9. The van der Waals surface area contributed by atoms with Crippen LogP contribution >= 0.6 is 39.3 Å². The minimum absolute atomic E-state index is 0.242. The van der Waals surface area contributed by atoms with E-state index in [1.165, 1.54) is 11.8 Å². The minimum atomic E-state index is -0.473. The van der Waals surface area contributed by atoms with Gasteiger partial charge in [0.2, 0.25) is 0 Å². The van der Waals surface area contributed by atoms with Crippen molar-refractivity contribution in [3.8, 4) is 11.5 Å². The average Bonchev–Trinajstić information content (AvgIpc) is 3.10. The molecule has 0 atom stereocenters. The molecule has 3 rings (SSSR count). The summed E-state index contributed by atoms with van der Waals surface area (Å²) in [6.45, 7) is 5.87. The molecule has 1 aliphatic heterocycles. The summed E-state index contributed by atoms with van der Waals surface area (Å²) in [5, 5.41) is 3.85. The second kappa shape index (κ2) is 11.6. The number of thioether (sulfide) groups is 1. The Labute approximate surface area is 209 Å². The Bertz CT molecular complexity index is 1140. The maximum absolute atomic E-state index is 12.5. The number of nitrogens with zero attached hydrogens (tertiary/aromatic N) is 1. The summed E-state index contributed by atoms with van der Waals surface area (Å²) in [5.74, 6) is 0.0955. The van der Waals surface area contributed by atoms with Crippen LogP contribution in [0.4, 0.5) is 5.69 Å². The number of benzene rings is 2. The van der Waals surface area contributed by atoms with Crippen LogP contribution in [0.25, 0.3) is 6.08 Å². The first kappa shape index (κ1) is 25.1. The van der Waals surface area contributed by atoms with Crippen molar-refractivity contribution in [3.05, 3.63) is 55.9 Å². The Hall–Kier alpha value is -2.49. The van der Waals surface area contributed by atoms with Crippen LogP contribution < -0.4 is 14.8 Å². The van der Waals surface area contributed by atoms with E-state index in [4.69, 9.17) is 25.8 Å². The van der Waals surface area contributed by atoms with E-state index in [0.717, 1.165) is 5.56 Å². The third kappa shape index (κ3) is 6.52. The number of amidine groups is 1. The van der Waals surface area contributed by atoms with E-state index < -0.39 is 5.97 Å². The number of carbonyl (C=O) groups is 2. The molecule has 0 bridgehead atoms. The van der Waals surface area contributed by atoms with E-state index in [-0.39, 0.29) is 19.1 Å². The fraction of sp³-hybridized carbons (Fsp3) is 0.261. The Kier molecular flexibility index (Phi) is 8.82. The zero-order valence-corrected chi connectivity index (χ0v) is 21.4. The van der Waals surface area contributed by atoms with Crippen LogP contribution in [0.5, 0.6) is 11.5 Å². The molecule has 0 saturated carbocycles. The molecule has 0 radical (unpaired) electrons. The van der Waals surface area contributed by atoms with Crippen LogP contribution in [-0.2, 0) is 14.3 Å². The fourth-order valence-corrected chi connectivity index (χ4v) is 4.45. The summed E-state index contributed by atoms with van der Waals surface area (Å²) in [7, 11) is 0. The summed E-state index contributed by atoms with van der Waals surface area (Å²) < 4.78 is 16.8. The van der Waals surface area contributed by atoms with Crippen LogP contribution in [0.15, 0.2) is 44.7 Å². The highest BCUT2D eigenvalue weighted by Gasteiger charge is 2.24. The van der Waals surface area contributed by atoms with Crippen molar-refractivity contribution < 1.29 is 23.8 Å². The number of nitrogens with one attached hydrogen (secondary N) is 1. The lowest BCUT2D eigenvalue weighted by Gasteiger charge is -2.14. The van der Waals surface area contributed by atoms with Crippen molar-refractivity contribution >= 4 is 68.1 Å². The molecule has 1 aliphatic rings. The van der Waals surface area contributed by atoms with E-state index in [1.807, 2.05) is 26.0 Å². The molecule has 174 valence electrons. The molecule has 1 heterocycles. The van der Waals surface area contributed by atoms with Gasteiger partial charge in [0.15, 0.2) is 23.3 Å². The van der Waals surface area contributed by atoms with Gasteiger partial charge < -0.3 is 19.5 Å². The average molecular weight is 554 g/mol. The van der Waals surface area contributed by atoms with Gasteiger partial charge in [-0.1, -0.05) is 17.7 Å². The molecular formula is C23H22BrClN2O5S. The van der Waals surface area contributed by atoms with Crippen LogP contribution in [0, 0.1) is 6.92 Å². The van der Waals surface area contributed by atoms with E-state index >= 15 is 0 Å². The highest BCUT2D eigenvalue weighted by Crippen LogP contribution is 2.39. The summed E-state index contributed by atoms with van der Waals surface area (Å²) in [5.41, 5.74) is 2.24. The second-order valence-electron chi connectivity index (χ2n) is 6.72. The molecule has 1 amide bonds. The van der Waals surface area contributed by atoms with Gasteiger partial charge in [0.05, 0.1) is 28.3 Å². The van der Waals surface area contributed by atoms with E-state index in [9.17, 15) is 9.59 Å². The number of hydrogen-bond acceptors (Lipinski definition) is 7. The summed E-state index contributed by atoms with van der Waals surface area (Å²) >= 11 is 10.9. The first-order valence-corrected chi connectivity index (χ1v) is 12.1. The predicted molar refractivity (Wildman–Crippen MR) is 134 cm³/mol. The van der Waals surface area contributed by atoms with Gasteiger partial charge in [-0.15, -0.1) is 0 Å². The second-order valence-corrected chi connectivity index (χ2v) is 9.01. The van der Waals surface area contributed by atoms with Gasteiger partial charge in [0, 0.05) is 5.02 Å². The van der Waals surface area contributed by atoms with Crippen molar-refractivity contribution in [1.82, 2.24) is 5.32 Å². The number of esters is 1. The predicted octanol–water partition coefficient (Wildman–Crippen LogP) is 5.64. The van der Waals surface area contributed by atoms with Crippen LogP contribution in [0.1, 0.15) is 25.0 Å². The molecular weight excluding hydrogens is 532 g/mol. The number of carbonyl (C=O) groups excluding carboxylic acids is 2. The van der Waals surface area contributed by atoms with Crippen molar-refractivity contribution in [2.24, 2.45) is 4.99 Å². The van der Waals surface area contributed by atoms with Gasteiger partial charge in [-0.3, -0.25) is 4.79 Å². The van der Waals surface area contributed by atoms with Gasteiger partial charge >= 0.3 is 5.97 Å². The molecule has 0 aliphatic carbocycles. The Morgan fingerprint density at radius 1 is 1.24 bits per heavy atom. The van der Waals surface area contributed by atoms with Crippen LogP contribution in [-0.4, -0.2) is 36.9 Å². The number of halogens is 2. The summed E-state index contributed by atoms with van der Waals surface area (Å²) in [6.07, 6.45) is 1.73. The Morgan fingerprint density at radius 3 is 2.76 bits per heavy atom. The number of aliphatic imine (C=N–C) groups is 1. The molecule has 1 saturated heterocycles. The van der Waals surface area contributed by atoms with E-state index in [0.29, 0.717) is 48.9 Å². The topological polar surface area (TPSA) is 86.2 Å². The van der Waals surface area contributed by atoms with E-state index in [1.54, 1.807) is 31.2 Å². The van der Waals surface area contributed by atoms with Gasteiger partial charge in [-0.2, -0.15) is 0 Å². The van der Waals surface area contributed by atoms with Gasteiger partial charge in [0.1, 0.15) is 0 Å². The molecule has 0 spiro atoms. The molecule has 1 N–H and O–H groups in total. The Balaban J connectivity index is 1.84. The SMILES string of the molecule is CCOC(=O)COc1c(Br)cc(/C=C2/SC(=Nc3cccc(Cl)c3C)NC2=O)cc1OCC. The first-order valence-electron chi connectivity index (χ1n) is 10.1. The monoisotopic (exact) mass is 552 g/mol. The molecule has 1 fully saturated rings. The van der Waals surface area contributed by atoms with Gasteiger partial charge in [0.25, 0.3) is 5.91 Å². The molecule has 2 aromatic carbocycles. The third-order valence-corrected chi connectivity index (χ3v) is 6.29. The first-order chi connectivity index (χ1) is 15.8. The molecule has 10 heteroatoms. The smallest absolute Gasteiger partial charge is 0.344 e. The molecule has 7 nitrogen and oxygen atoms in total. The number of rotatable bonds is 8. The van der Waals surface area contributed by atoms with Gasteiger partial charge in [-0.25, -0.2) is 9.79 Å². The van der Waals surface area contributed by atoms with Crippen LogP contribution in [0.2, 0.25) is 5.02 Å². The summed E-state index contributed by atoms with van der Waals surface area (Å²) in [4.78, 5) is 29.2. The largest absolute Gasteiger partial charge is 0.490 e. The fourth-order valence-electron chi connectivity index (χ4n) is 2.87. The Morgan fingerprint density at radius 2 is 2.03 bits per heavy atom. The van der Waals surface area contributed by atoms with Crippen molar-refractivity contribution in [1.29, 1.82) is 0 Å².